The van der Waals surface area contributed by atoms with Crippen molar-refractivity contribution >= 4 is 21.4 Å². The molecule has 0 radical (unpaired) electrons. The lowest BCUT2D eigenvalue weighted by atomic mass is 10.00. The van der Waals surface area contributed by atoms with E-state index in [0.717, 1.165) is 25.3 Å². The summed E-state index contributed by atoms with van der Waals surface area (Å²) >= 11 is 0. The molecular weight excluding hydrogens is 334 g/mol. The molecule has 0 amide bonds. The van der Waals surface area contributed by atoms with E-state index in [1.807, 2.05) is 0 Å². The summed E-state index contributed by atoms with van der Waals surface area (Å²) in [6, 6.07) is 4.10. The number of benzene rings is 1. The molecule has 0 unspecified atom stereocenters. The number of sulfonamides is 1. The first-order chi connectivity index (χ1) is 11.4. The molecule has 2 fully saturated rings. The van der Waals surface area contributed by atoms with Crippen LogP contribution >= 0.6 is 0 Å². The minimum Gasteiger partial charge on any atom is -0.396 e. The molecule has 2 aliphatic rings. The van der Waals surface area contributed by atoms with Gasteiger partial charge in [-0.3, -0.25) is 10.1 Å². The molecule has 2 heterocycles. The summed E-state index contributed by atoms with van der Waals surface area (Å²) in [5.74, 6) is 0.112. The lowest BCUT2D eigenvalue weighted by Gasteiger charge is -2.39. The van der Waals surface area contributed by atoms with E-state index >= 15 is 0 Å². The Morgan fingerprint density at radius 2 is 1.88 bits per heavy atom. The van der Waals surface area contributed by atoms with Gasteiger partial charge in [0, 0.05) is 44.8 Å². The van der Waals surface area contributed by atoms with Crippen LogP contribution in [0.1, 0.15) is 19.3 Å². The molecular formula is C15H21N3O5S. The van der Waals surface area contributed by atoms with E-state index in [4.69, 9.17) is 5.11 Å². The first kappa shape index (κ1) is 17.1. The van der Waals surface area contributed by atoms with Gasteiger partial charge in [0.15, 0.2) is 0 Å². The van der Waals surface area contributed by atoms with Gasteiger partial charge in [-0.15, -0.1) is 0 Å². The average Bonchev–Trinajstić information content (AvgIpc) is 2.54. The highest BCUT2D eigenvalue weighted by molar-refractivity contribution is 7.89. The second kappa shape index (κ2) is 6.66. The average molecular weight is 355 g/mol. The third-order valence-electron chi connectivity index (χ3n) is 4.65. The zero-order valence-electron chi connectivity index (χ0n) is 13.3. The van der Waals surface area contributed by atoms with Crippen LogP contribution in [0.15, 0.2) is 23.1 Å². The largest absolute Gasteiger partial charge is 0.396 e. The van der Waals surface area contributed by atoms with Gasteiger partial charge in [0.1, 0.15) is 5.69 Å². The van der Waals surface area contributed by atoms with E-state index in [1.54, 1.807) is 4.90 Å². The number of nitro benzene ring substituents is 1. The Hall–Kier alpha value is -1.71. The topological polar surface area (TPSA) is 104 Å². The van der Waals surface area contributed by atoms with Gasteiger partial charge in [0.05, 0.1) is 9.82 Å². The summed E-state index contributed by atoms with van der Waals surface area (Å²) < 4.78 is 26.8. The van der Waals surface area contributed by atoms with Crippen molar-refractivity contribution in [1.29, 1.82) is 0 Å². The van der Waals surface area contributed by atoms with Gasteiger partial charge >= 0.3 is 0 Å². The van der Waals surface area contributed by atoms with Gasteiger partial charge in [0.2, 0.25) is 10.0 Å². The molecule has 1 N–H and O–H groups in total. The molecule has 0 aromatic heterocycles. The molecule has 132 valence electrons. The maximum atomic E-state index is 12.7. The molecule has 3 rings (SSSR count). The number of rotatable bonds is 5. The van der Waals surface area contributed by atoms with Crippen molar-refractivity contribution < 1.29 is 18.4 Å². The van der Waals surface area contributed by atoms with Crippen molar-refractivity contribution in [3.05, 3.63) is 28.3 Å². The van der Waals surface area contributed by atoms with Gasteiger partial charge in [-0.2, -0.15) is 4.31 Å². The molecule has 0 saturated carbocycles. The second-order valence-corrected chi connectivity index (χ2v) is 8.26. The normalized spacial score (nSPS) is 20.0. The van der Waals surface area contributed by atoms with Crippen molar-refractivity contribution in [2.24, 2.45) is 5.92 Å². The molecule has 0 bridgehead atoms. The van der Waals surface area contributed by atoms with Crippen molar-refractivity contribution in [3.8, 4) is 0 Å². The third-order valence-corrected chi connectivity index (χ3v) is 6.55. The third kappa shape index (κ3) is 3.11. The van der Waals surface area contributed by atoms with Gasteiger partial charge in [0.25, 0.3) is 5.69 Å². The quantitative estimate of drug-likeness (QED) is 0.629. The minimum atomic E-state index is -3.69. The fourth-order valence-corrected chi connectivity index (χ4v) is 4.75. The molecule has 9 heteroatoms. The van der Waals surface area contributed by atoms with Crippen molar-refractivity contribution in [3.63, 3.8) is 0 Å². The summed E-state index contributed by atoms with van der Waals surface area (Å²) in [7, 11) is -3.69. The molecule has 1 aromatic carbocycles. The van der Waals surface area contributed by atoms with Gasteiger partial charge in [-0.05, 0) is 25.0 Å². The predicted octanol–water partition coefficient (Wildman–Crippen LogP) is 1.20. The summed E-state index contributed by atoms with van der Waals surface area (Å²) in [6.07, 6.45) is 2.64. The van der Waals surface area contributed by atoms with Crippen molar-refractivity contribution in [2.75, 3.05) is 37.7 Å². The van der Waals surface area contributed by atoms with Crippen molar-refractivity contribution in [1.82, 2.24) is 4.31 Å². The minimum absolute atomic E-state index is 0.0286. The fourth-order valence-electron chi connectivity index (χ4n) is 3.21. The Morgan fingerprint density at radius 1 is 1.21 bits per heavy atom. The number of aliphatic hydroxyl groups is 1. The summed E-state index contributed by atoms with van der Waals surface area (Å²) in [6.45, 7) is 2.04. The van der Waals surface area contributed by atoms with Crippen molar-refractivity contribution in [2.45, 2.75) is 24.2 Å². The highest BCUT2D eigenvalue weighted by Gasteiger charge is 2.33. The molecule has 0 spiro atoms. The van der Waals surface area contributed by atoms with Crippen LogP contribution in [0.5, 0.6) is 0 Å². The molecule has 2 aliphatic heterocycles. The predicted molar refractivity (Wildman–Crippen MR) is 88.5 cm³/mol. The van der Waals surface area contributed by atoms with Crippen LogP contribution in [0, 0.1) is 16.0 Å². The number of aliphatic hydroxyl groups excluding tert-OH is 1. The Balaban J connectivity index is 1.90. The zero-order chi connectivity index (χ0) is 17.3. The van der Waals surface area contributed by atoms with Gasteiger partial charge in [-0.1, -0.05) is 6.42 Å². The van der Waals surface area contributed by atoms with E-state index in [2.05, 4.69) is 0 Å². The zero-order valence-corrected chi connectivity index (χ0v) is 14.1. The molecule has 8 nitrogen and oxygen atoms in total. The fraction of sp³-hybridized carbons (Fsp3) is 0.600. The number of hydrogen-bond donors (Lipinski definition) is 1. The number of piperidine rings is 1. The summed E-state index contributed by atoms with van der Waals surface area (Å²) in [4.78, 5) is 12.6. The summed E-state index contributed by atoms with van der Waals surface area (Å²) in [5.41, 5.74) is 0.201. The number of anilines is 1. The molecule has 0 aliphatic carbocycles. The lowest BCUT2D eigenvalue weighted by Crippen LogP contribution is -2.48. The number of hydrogen-bond acceptors (Lipinski definition) is 6. The van der Waals surface area contributed by atoms with Crippen LogP contribution in [0.2, 0.25) is 0 Å². The lowest BCUT2D eigenvalue weighted by molar-refractivity contribution is -0.384. The first-order valence-electron chi connectivity index (χ1n) is 8.08. The Labute approximate surface area is 140 Å². The van der Waals surface area contributed by atoms with Crippen LogP contribution in [0.25, 0.3) is 0 Å². The van der Waals surface area contributed by atoms with Crippen LogP contribution in [0.4, 0.5) is 11.4 Å². The molecule has 2 saturated heterocycles. The Kier molecular flexibility index (Phi) is 4.75. The Bertz CT molecular complexity index is 725. The summed E-state index contributed by atoms with van der Waals surface area (Å²) in [5, 5.41) is 20.5. The van der Waals surface area contributed by atoms with Crippen LogP contribution < -0.4 is 4.90 Å². The van der Waals surface area contributed by atoms with E-state index in [0.29, 0.717) is 31.9 Å². The van der Waals surface area contributed by atoms with E-state index in [-0.39, 0.29) is 23.1 Å². The molecule has 1 aromatic rings. The van der Waals surface area contributed by atoms with Crippen LogP contribution in [-0.4, -0.2) is 55.5 Å². The highest BCUT2D eigenvalue weighted by atomic mass is 32.2. The molecule has 0 atom stereocenters. The van der Waals surface area contributed by atoms with E-state index < -0.39 is 14.9 Å². The number of nitro groups is 1. The standard InChI is InChI=1S/C15H21N3O5S/c19-11-12-9-16(10-12)14-5-4-13(8-15(14)18(20)21)24(22,23)17-6-2-1-3-7-17/h4-5,8,12,19H,1-3,6-7,9-11H2. The monoisotopic (exact) mass is 355 g/mol. The van der Waals surface area contributed by atoms with Crippen LogP contribution in [-0.2, 0) is 10.0 Å². The van der Waals surface area contributed by atoms with Gasteiger partial charge < -0.3 is 10.0 Å². The maximum absolute atomic E-state index is 12.7. The maximum Gasteiger partial charge on any atom is 0.293 e. The van der Waals surface area contributed by atoms with Crippen LogP contribution in [0.3, 0.4) is 0 Å². The highest BCUT2D eigenvalue weighted by Crippen LogP contribution is 2.35. The van der Waals surface area contributed by atoms with E-state index in [9.17, 15) is 18.5 Å². The second-order valence-electron chi connectivity index (χ2n) is 6.33. The molecule has 24 heavy (non-hydrogen) atoms. The smallest absolute Gasteiger partial charge is 0.293 e. The SMILES string of the molecule is O=[N+]([O-])c1cc(S(=O)(=O)N2CCCCC2)ccc1N1CC(CO)C1. The number of nitrogens with zero attached hydrogens (tertiary/aromatic N) is 3. The van der Waals surface area contributed by atoms with Gasteiger partial charge in [-0.25, -0.2) is 8.42 Å². The van der Waals surface area contributed by atoms with E-state index in [1.165, 1.54) is 16.4 Å². The Morgan fingerprint density at radius 3 is 2.46 bits per heavy atom. The first-order valence-corrected chi connectivity index (χ1v) is 9.52.